The molecule has 0 aromatic heterocycles. The molecule has 3 nitrogen and oxygen atoms in total. The summed E-state index contributed by atoms with van der Waals surface area (Å²) >= 11 is 8.23. The number of rotatable bonds is 4. The molecule has 0 atom stereocenters. The smallest absolute Gasteiger partial charge is 0.248 e. The van der Waals surface area contributed by atoms with E-state index >= 15 is 0 Å². The van der Waals surface area contributed by atoms with Crippen LogP contribution in [0.3, 0.4) is 0 Å². The third kappa shape index (κ3) is 4.75. The number of ether oxygens (including phenoxy) is 1. The van der Waals surface area contributed by atoms with Gasteiger partial charge in [0.2, 0.25) is 5.91 Å². The van der Waals surface area contributed by atoms with E-state index in [0.29, 0.717) is 10.7 Å². The lowest BCUT2D eigenvalue weighted by molar-refractivity contribution is -0.111. The van der Waals surface area contributed by atoms with E-state index in [1.807, 2.05) is 30.3 Å². The molecule has 1 N–H and O–H groups in total. The summed E-state index contributed by atoms with van der Waals surface area (Å²) in [5.74, 6) is 0.552. The molecule has 0 aliphatic carbocycles. The first-order chi connectivity index (χ1) is 10.1. The number of carbonyl (C=O) groups excluding carboxylic acids is 1. The normalized spacial score (nSPS) is 10.6. The van der Waals surface area contributed by atoms with Gasteiger partial charge in [-0.15, -0.1) is 0 Å². The zero-order valence-electron chi connectivity index (χ0n) is 11.3. The van der Waals surface area contributed by atoms with Gasteiger partial charge in [-0.05, 0) is 64.6 Å². The van der Waals surface area contributed by atoms with Crippen LogP contribution >= 0.6 is 34.2 Å². The van der Waals surface area contributed by atoms with Crippen molar-refractivity contribution < 1.29 is 9.53 Å². The first-order valence-electron chi connectivity index (χ1n) is 6.16. The van der Waals surface area contributed by atoms with Crippen LogP contribution < -0.4 is 10.1 Å². The maximum Gasteiger partial charge on any atom is 0.248 e. The molecule has 21 heavy (non-hydrogen) atoms. The lowest BCUT2D eigenvalue weighted by Crippen LogP contribution is -2.08. The Morgan fingerprint density at radius 3 is 2.57 bits per heavy atom. The van der Waals surface area contributed by atoms with Crippen molar-refractivity contribution in [1.82, 2.24) is 0 Å². The van der Waals surface area contributed by atoms with Gasteiger partial charge in [-0.25, -0.2) is 0 Å². The molecule has 0 radical (unpaired) electrons. The Hall–Kier alpha value is -1.53. The van der Waals surface area contributed by atoms with Crippen molar-refractivity contribution in [2.45, 2.75) is 0 Å². The van der Waals surface area contributed by atoms with Crippen LogP contribution in [-0.4, -0.2) is 13.0 Å². The predicted octanol–water partition coefficient (Wildman–Crippen LogP) is 4.61. The lowest BCUT2D eigenvalue weighted by Gasteiger charge is -2.05. The number of halogens is 2. The number of nitrogens with one attached hydrogen (secondary N) is 1. The number of hydrogen-bond donors (Lipinski definition) is 1. The second-order valence-electron chi connectivity index (χ2n) is 4.22. The molecular formula is C16H13ClINO2. The second-order valence-corrected chi connectivity index (χ2v) is 5.87. The maximum absolute atomic E-state index is 11.9. The van der Waals surface area contributed by atoms with Gasteiger partial charge in [0.05, 0.1) is 17.8 Å². The van der Waals surface area contributed by atoms with Gasteiger partial charge in [0.1, 0.15) is 5.75 Å². The van der Waals surface area contributed by atoms with Gasteiger partial charge >= 0.3 is 0 Å². The zero-order valence-corrected chi connectivity index (χ0v) is 14.2. The molecule has 0 saturated carbocycles. The number of hydrogen-bond acceptors (Lipinski definition) is 2. The van der Waals surface area contributed by atoms with Gasteiger partial charge in [-0.3, -0.25) is 4.79 Å². The molecule has 0 unspecified atom stereocenters. The Kier molecular flexibility index (Phi) is 5.64. The Morgan fingerprint density at radius 1 is 1.24 bits per heavy atom. The molecule has 1 amide bonds. The largest absolute Gasteiger partial charge is 0.497 e. The molecule has 0 heterocycles. The predicted molar refractivity (Wildman–Crippen MR) is 94.8 cm³/mol. The first kappa shape index (κ1) is 15.9. The van der Waals surface area contributed by atoms with Crippen molar-refractivity contribution in [3.63, 3.8) is 0 Å². The molecule has 108 valence electrons. The highest BCUT2D eigenvalue weighted by Crippen LogP contribution is 2.23. The molecule has 0 fully saturated rings. The highest BCUT2D eigenvalue weighted by molar-refractivity contribution is 14.1. The molecule has 0 bridgehead atoms. The van der Waals surface area contributed by atoms with E-state index in [0.717, 1.165) is 14.9 Å². The Balaban J connectivity index is 2.01. The molecule has 0 aliphatic heterocycles. The van der Waals surface area contributed by atoms with Crippen molar-refractivity contribution >= 4 is 51.9 Å². The zero-order chi connectivity index (χ0) is 15.2. The quantitative estimate of drug-likeness (QED) is 0.587. The summed E-state index contributed by atoms with van der Waals surface area (Å²) in [4.78, 5) is 11.9. The summed E-state index contributed by atoms with van der Waals surface area (Å²) in [6, 6.07) is 12.9. The third-order valence-electron chi connectivity index (χ3n) is 2.73. The number of amides is 1. The van der Waals surface area contributed by atoms with Crippen LogP contribution in [0.5, 0.6) is 5.75 Å². The van der Waals surface area contributed by atoms with E-state index in [9.17, 15) is 4.79 Å². The summed E-state index contributed by atoms with van der Waals surface area (Å²) in [7, 11) is 1.61. The highest BCUT2D eigenvalue weighted by Gasteiger charge is 2.03. The van der Waals surface area contributed by atoms with E-state index in [1.165, 1.54) is 6.08 Å². The van der Waals surface area contributed by atoms with Crippen LogP contribution in [0.1, 0.15) is 5.56 Å². The minimum absolute atomic E-state index is 0.228. The molecule has 2 aromatic rings. The summed E-state index contributed by atoms with van der Waals surface area (Å²) in [6.45, 7) is 0. The van der Waals surface area contributed by atoms with Gasteiger partial charge in [0, 0.05) is 9.65 Å². The SMILES string of the molecule is COc1ccc(/C=C/C(=O)Nc2ccc(I)cc2Cl)cc1. The standard InChI is InChI=1S/C16H13ClINO2/c1-21-13-6-2-11(3-7-13)4-9-16(20)19-15-8-5-12(18)10-14(15)17/h2-10H,1H3,(H,19,20)/b9-4+. The maximum atomic E-state index is 11.9. The Labute approximate surface area is 142 Å². The Morgan fingerprint density at radius 2 is 1.95 bits per heavy atom. The van der Waals surface area contributed by atoms with Gasteiger partial charge in [-0.2, -0.15) is 0 Å². The summed E-state index contributed by atoms with van der Waals surface area (Å²) in [5.41, 5.74) is 1.51. The minimum atomic E-state index is -0.228. The van der Waals surface area contributed by atoms with Crippen LogP contribution in [0.15, 0.2) is 48.5 Å². The fourth-order valence-electron chi connectivity index (χ4n) is 1.65. The van der Waals surface area contributed by atoms with Crippen molar-refractivity contribution in [2.24, 2.45) is 0 Å². The number of anilines is 1. The third-order valence-corrected chi connectivity index (χ3v) is 3.72. The molecule has 0 saturated heterocycles. The van der Waals surface area contributed by atoms with Crippen molar-refractivity contribution in [2.75, 3.05) is 12.4 Å². The Bertz CT molecular complexity index is 668. The van der Waals surface area contributed by atoms with E-state index < -0.39 is 0 Å². The van der Waals surface area contributed by atoms with Gasteiger partial charge < -0.3 is 10.1 Å². The van der Waals surface area contributed by atoms with E-state index in [1.54, 1.807) is 25.3 Å². The molecule has 2 rings (SSSR count). The molecule has 5 heteroatoms. The summed E-state index contributed by atoms with van der Waals surface area (Å²) in [6.07, 6.45) is 3.20. The molecule has 0 spiro atoms. The molecule has 2 aromatic carbocycles. The lowest BCUT2D eigenvalue weighted by atomic mass is 10.2. The number of carbonyl (C=O) groups is 1. The van der Waals surface area contributed by atoms with E-state index in [2.05, 4.69) is 27.9 Å². The summed E-state index contributed by atoms with van der Waals surface area (Å²) in [5, 5.41) is 3.27. The van der Waals surface area contributed by atoms with E-state index in [-0.39, 0.29) is 5.91 Å². The van der Waals surface area contributed by atoms with Gasteiger partial charge in [-0.1, -0.05) is 23.7 Å². The van der Waals surface area contributed by atoms with Crippen LogP contribution in [0.25, 0.3) is 6.08 Å². The van der Waals surface area contributed by atoms with Gasteiger partial charge in [0.15, 0.2) is 0 Å². The number of benzene rings is 2. The van der Waals surface area contributed by atoms with Crippen molar-refractivity contribution in [3.8, 4) is 5.75 Å². The molecule has 0 aliphatic rings. The minimum Gasteiger partial charge on any atom is -0.497 e. The topological polar surface area (TPSA) is 38.3 Å². The molecular weight excluding hydrogens is 401 g/mol. The number of methoxy groups -OCH3 is 1. The van der Waals surface area contributed by atoms with Crippen LogP contribution in [0.4, 0.5) is 5.69 Å². The average Bonchev–Trinajstić information content (AvgIpc) is 2.48. The van der Waals surface area contributed by atoms with Crippen LogP contribution in [-0.2, 0) is 4.79 Å². The fourth-order valence-corrected chi connectivity index (χ4v) is 2.56. The van der Waals surface area contributed by atoms with Crippen molar-refractivity contribution in [3.05, 3.63) is 62.7 Å². The first-order valence-corrected chi connectivity index (χ1v) is 7.62. The monoisotopic (exact) mass is 413 g/mol. The van der Waals surface area contributed by atoms with Crippen LogP contribution in [0, 0.1) is 3.57 Å². The average molecular weight is 414 g/mol. The van der Waals surface area contributed by atoms with Gasteiger partial charge in [0.25, 0.3) is 0 Å². The fraction of sp³-hybridized carbons (Fsp3) is 0.0625. The van der Waals surface area contributed by atoms with Crippen molar-refractivity contribution in [1.29, 1.82) is 0 Å². The summed E-state index contributed by atoms with van der Waals surface area (Å²) < 4.78 is 6.10. The highest BCUT2D eigenvalue weighted by atomic mass is 127. The van der Waals surface area contributed by atoms with E-state index in [4.69, 9.17) is 16.3 Å². The second kappa shape index (κ2) is 7.47. The van der Waals surface area contributed by atoms with Crippen LogP contribution in [0.2, 0.25) is 5.02 Å².